The molecule has 0 atom stereocenters. The Balaban J connectivity index is 3.25. The molecule has 0 saturated carbocycles. The molecule has 0 bridgehead atoms. The number of rotatable bonds is 2. The number of nitrogens with two attached hydrogens (primary N) is 1. The summed E-state index contributed by atoms with van der Waals surface area (Å²) in [6.07, 6.45) is 1.89. The van der Waals surface area contributed by atoms with Crippen molar-refractivity contribution in [1.29, 1.82) is 0 Å². The van der Waals surface area contributed by atoms with Crippen molar-refractivity contribution in [3.63, 3.8) is 0 Å². The highest BCUT2D eigenvalue weighted by Gasteiger charge is 2.11. The van der Waals surface area contributed by atoms with Crippen molar-refractivity contribution < 1.29 is 0 Å². The third-order valence-electron chi connectivity index (χ3n) is 1.45. The Morgan fingerprint density at radius 2 is 2.00 bits per heavy atom. The number of nitrogen functional groups attached to an aromatic ring is 1. The summed E-state index contributed by atoms with van der Waals surface area (Å²) in [5.74, 6) is 0.975. The number of thioether (sulfide) groups is 1. The van der Waals surface area contributed by atoms with Crippen molar-refractivity contribution in [2.75, 3.05) is 31.0 Å². The fourth-order valence-corrected chi connectivity index (χ4v) is 1.44. The molecule has 0 aromatic carbocycles. The second kappa shape index (κ2) is 4.02. The van der Waals surface area contributed by atoms with Gasteiger partial charge in [0.1, 0.15) is 10.8 Å². The van der Waals surface area contributed by atoms with Gasteiger partial charge in [-0.25, -0.2) is 9.97 Å². The maximum atomic E-state index is 5.92. The van der Waals surface area contributed by atoms with Crippen LogP contribution in [0.3, 0.4) is 0 Å². The molecule has 1 heterocycles. The van der Waals surface area contributed by atoms with Crippen molar-refractivity contribution in [2.45, 2.75) is 5.16 Å². The van der Waals surface area contributed by atoms with E-state index in [4.69, 9.17) is 17.3 Å². The van der Waals surface area contributed by atoms with E-state index in [1.54, 1.807) is 4.90 Å². The molecule has 0 radical (unpaired) electrons. The highest BCUT2D eigenvalue weighted by atomic mass is 35.5. The van der Waals surface area contributed by atoms with Gasteiger partial charge in [0.25, 0.3) is 0 Å². The van der Waals surface area contributed by atoms with Crippen LogP contribution >= 0.6 is 23.4 Å². The lowest BCUT2D eigenvalue weighted by molar-refractivity contribution is 0.937. The molecule has 4 nitrogen and oxygen atoms in total. The van der Waals surface area contributed by atoms with E-state index in [0.717, 1.165) is 0 Å². The summed E-state index contributed by atoms with van der Waals surface area (Å²) in [4.78, 5) is 10.0. The zero-order valence-corrected chi connectivity index (χ0v) is 9.28. The van der Waals surface area contributed by atoms with Gasteiger partial charge >= 0.3 is 0 Å². The zero-order chi connectivity index (χ0) is 10.0. The van der Waals surface area contributed by atoms with Crippen LogP contribution in [0.4, 0.5) is 11.6 Å². The Kier molecular flexibility index (Phi) is 3.22. The molecule has 0 unspecified atom stereocenters. The van der Waals surface area contributed by atoms with E-state index in [9.17, 15) is 0 Å². The average molecular weight is 219 g/mol. The normalized spacial score (nSPS) is 10.2. The molecule has 0 saturated heterocycles. The SMILES string of the molecule is CSc1nc(N)c(Cl)c(N(C)C)n1. The van der Waals surface area contributed by atoms with Crippen molar-refractivity contribution in [3.8, 4) is 0 Å². The second-order valence-corrected chi connectivity index (χ2v) is 3.78. The van der Waals surface area contributed by atoms with Crippen LogP contribution in [-0.4, -0.2) is 30.3 Å². The van der Waals surface area contributed by atoms with Crippen molar-refractivity contribution >= 4 is 35.0 Å². The summed E-state index contributed by atoms with van der Waals surface area (Å²) in [7, 11) is 3.72. The van der Waals surface area contributed by atoms with E-state index < -0.39 is 0 Å². The molecular formula is C7H11ClN4S. The molecule has 0 aliphatic heterocycles. The Labute approximate surface area is 86.5 Å². The van der Waals surface area contributed by atoms with Crippen LogP contribution < -0.4 is 10.6 Å². The molecule has 0 fully saturated rings. The smallest absolute Gasteiger partial charge is 0.191 e. The van der Waals surface area contributed by atoms with E-state index in [1.165, 1.54) is 11.8 Å². The van der Waals surface area contributed by atoms with Crippen LogP contribution in [0.1, 0.15) is 0 Å². The maximum absolute atomic E-state index is 5.92. The first-order valence-corrected chi connectivity index (χ1v) is 5.21. The van der Waals surface area contributed by atoms with E-state index >= 15 is 0 Å². The van der Waals surface area contributed by atoms with Crippen LogP contribution in [0.5, 0.6) is 0 Å². The summed E-state index contributed by atoms with van der Waals surface area (Å²) < 4.78 is 0. The molecule has 0 aliphatic carbocycles. The number of nitrogens with zero attached hydrogens (tertiary/aromatic N) is 3. The van der Waals surface area contributed by atoms with Crippen LogP contribution in [0, 0.1) is 0 Å². The van der Waals surface area contributed by atoms with Gasteiger partial charge in [-0.2, -0.15) is 0 Å². The molecular weight excluding hydrogens is 208 g/mol. The number of halogens is 1. The molecule has 1 aromatic rings. The summed E-state index contributed by atoms with van der Waals surface area (Å²) in [5.41, 5.74) is 5.61. The van der Waals surface area contributed by atoms with Crippen LogP contribution in [-0.2, 0) is 0 Å². The van der Waals surface area contributed by atoms with Gasteiger partial charge in [0.15, 0.2) is 11.0 Å². The van der Waals surface area contributed by atoms with Gasteiger partial charge in [-0.05, 0) is 6.26 Å². The number of anilines is 2. The van der Waals surface area contributed by atoms with Gasteiger partial charge in [-0.15, -0.1) is 0 Å². The summed E-state index contributed by atoms with van der Waals surface area (Å²) in [5, 5.41) is 1.04. The van der Waals surface area contributed by atoms with E-state index in [1.807, 2.05) is 20.4 Å². The van der Waals surface area contributed by atoms with Gasteiger partial charge in [0.05, 0.1) is 0 Å². The van der Waals surface area contributed by atoms with Crippen LogP contribution in [0.15, 0.2) is 5.16 Å². The largest absolute Gasteiger partial charge is 0.382 e. The number of hydrogen-bond acceptors (Lipinski definition) is 5. The Bertz CT molecular complexity index is 316. The number of aromatic nitrogens is 2. The quantitative estimate of drug-likeness (QED) is 0.602. The Morgan fingerprint density at radius 3 is 2.46 bits per heavy atom. The topological polar surface area (TPSA) is 55.0 Å². The molecule has 13 heavy (non-hydrogen) atoms. The third-order valence-corrected chi connectivity index (χ3v) is 2.36. The highest BCUT2D eigenvalue weighted by Crippen LogP contribution is 2.28. The summed E-state index contributed by atoms with van der Waals surface area (Å²) >= 11 is 7.35. The first kappa shape index (κ1) is 10.4. The predicted molar refractivity (Wildman–Crippen MR) is 57.6 cm³/mol. The minimum atomic E-state index is 0.324. The monoisotopic (exact) mass is 218 g/mol. The van der Waals surface area contributed by atoms with Crippen LogP contribution in [0.2, 0.25) is 5.02 Å². The van der Waals surface area contributed by atoms with Gasteiger partial charge < -0.3 is 10.6 Å². The predicted octanol–water partition coefficient (Wildman–Crippen LogP) is 1.50. The molecule has 0 aliphatic rings. The minimum Gasteiger partial charge on any atom is -0.382 e. The van der Waals surface area contributed by atoms with Gasteiger partial charge in [0.2, 0.25) is 0 Å². The second-order valence-electron chi connectivity index (χ2n) is 2.63. The standard InChI is InChI=1S/C7H11ClN4S/c1-12(2)6-4(8)5(9)10-7(11-6)13-3/h1-3H3,(H2,9,10,11). The Hall–Kier alpha value is -0.680. The maximum Gasteiger partial charge on any atom is 0.191 e. The molecule has 1 aromatic heterocycles. The zero-order valence-electron chi connectivity index (χ0n) is 7.71. The first-order chi connectivity index (χ1) is 6.06. The fourth-order valence-electron chi connectivity index (χ4n) is 0.819. The average Bonchev–Trinajstić information content (AvgIpc) is 2.09. The minimum absolute atomic E-state index is 0.324. The number of hydrogen-bond donors (Lipinski definition) is 1. The highest BCUT2D eigenvalue weighted by molar-refractivity contribution is 7.98. The molecule has 6 heteroatoms. The van der Waals surface area contributed by atoms with Gasteiger partial charge in [0, 0.05) is 14.1 Å². The molecule has 2 N–H and O–H groups in total. The van der Waals surface area contributed by atoms with Crippen molar-refractivity contribution in [2.24, 2.45) is 0 Å². The summed E-state index contributed by atoms with van der Waals surface area (Å²) in [6, 6.07) is 0. The van der Waals surface area contributed by atoms with Crippen LogP contribution in [0.25, 0.3) is 0 Å². The van der Waals surface area contributed by atoms with Gasteiger partial charge in [-0.3, -0.25) is 0 Å². The van der Waals surface area contributed by atoms with E-state index in [-0.39, 0.29) is 0 Å². The fraction of sp³-hybridized carbons (Fsp3) is 0.429. The molecule has 0 spiro atoms. The van der Waals surface area contributed by atoms with Crippen molar-refractivity contribution in [3.05, 3.63) is 5.02 Å². The lowest BCUT2D eigenvalue weighted by Crippen LogP contribution is -2.13. The van der Waals surface area contributed by atoms with Crippen molar-refractivity contribution in [1.82, 2.24) is 9.97 Å². The Morgan fingerprint density at radius 1 is 1.38 bits per heavy atom. The first-order valence-electron chi connectivity index (χ1n) is 3.60. The third kappa shape index (κ3) is 2.16. The van der Waals surface area contributed by atoms with E-state index in [2.05, 4.69) is 9.97 Å². The van der Waals surface area contributed by atoms with Gasteiger partial charge in [-0.1, -0.05) is 23.4 Å². The molecule has 0 amide bonds. The molecule has 1 rings (SSSR count). The van der Waals surface area contributed by atoms with E-state index in [0.29, 0.717) is 21.8 Å². The summed E-state index contributed by atoms with van der Waals surface area (Å²) in [6.45, 7) is 0. The molecule has 72 valence electrons. The lowest BCUT2D eigenvalue weighted by atomic mass is 10.5. The lowest BCUT2D eigenvalue weighted by Gasteiger charge is -2.14.